The van der Waals surface area contributed by atoms with E-state index in [1.165, 1.54) is 12.7 Å². The highest BCUT2D eigenvalue weighted by Gasteiger charge is 2.00. The summed E-state index contributed by atoms with van der Waals surface area (Å²) in [7, 11) is 1.97. The van der Waals surface area contributed by atoms with Gasteiger partial charge in [-0.25, -0.2) is 19.5 Å². The maximum atomic E-state index is 4.05. The fourth-order valence-electron chi connectivity index (χ4n) is 1.04. The summed E-state index contributed by atoms with van der Waals surface area (Å²) in [5.74, 6) is 0.704. The average molecular weight is 173 g/mol. The lowest BCUT2D eigenvalue weighted by Crippen LogP contribution is -2.25. The molecule has 0 fully saturated rings. The van der Waals surface area contributed by atoms with Crippen LogP contribution < -0.4 is 4.57 Å². The minimum Gasteiger partial charge on any atom is -0.225 e. The van der Waals surface area contributed by atoms with E-state index in [-0.39, 0.29) is 0 Å². The van der Waals surface area contributed by atoms with Crippen LogP contribution in [0.1, 0.15) is 0 Å². The van der Waals surface area contributed by atoms with Gasteiger partial charge < -0.3 is 0 Å². The summed E-state index contributed by atoms with van der Waals surface area (Å²) in [6, 6.07) is 3.94. The first-order valence-electron chi connectivity index (χ1n) is 3.94. The summed E-state index contributed by atoms with van der Waals surface area (Å²) >= 11 is 0. The second-order valence-corrected chi connectivity index (χ2v) is 2.71. The van der Waals surface area contributed by atoms with Crippen molar-refractivity contribution in [1.82, 2.24) is 15.0 Å². The standard InChI is InChI=1S/C9H9N4/c1-13-4-2-8(3-5-13)9-11-6-10-7-12-9/h2-7H,1H3/q+1. The molecule has 13 heavy (non-hydrogen) atoms. The van der Waals surface area contributed by atoms with Gasteiger partial charge in [-0.05, 0) is 0 Å². The normalized spacial score (nSPS) is 9.92. The van der Waals surface area contributed by atoms with Crippen molar-refractivity contribution in [3.63, 3.8) is 0 Å². The van der Waals surface area contributed by atoms with Gasteiger partial charge in [-0.3, -0.25) is 0 Å². The monoisotopic (exact) mass is 173 g/mol. The molecular weight excluding hydrogens is 164 g/mol. The molecule has 0 bridgehead atoms. The van der Waals surface area contributed by atoms with Crippen LogP contribution in [0.5, 0.6) is 0 Å². The van der Waals surface area contributed by atoms with Crippen LogP contribution in [0.2, 0.25) is 0 Å². The topological polar surface area (TPSA) is 42.5 Å². The SMILES string of the molecule is C[n+]1ccc(-c2ncncn2)cc1. The number of rotatable bonds is 1. The minimum atomic E-state index is 0.704. The summed E-state index contributed by atoms with van der Waals surface area (Å²) in [4.78, 5) is 11.9. The summed E-state index contributed by atoms with van der Waals surface area (Å²) in [6.45, 7) is 0. The third-order valence-electron chi connectivity index (χ3n) is 1.73. The molecule has 0 saturated carbocycles. The van der Waals surface area contributed by atoms with E-state index in [9.17, 15) is 0 Å². The highest BCUT2D eigenvalue weighted by atomic mass is 15.0. The van der Waals surface area contributed by atoms with Crippen LogP contribution in [0.15, 0.2) is 37.2 Å². The van der Waals surface area contributed by atoms with Crippen molar-refractivity contribution >= 4 is 0 Å². The smallest absolute Gasteiger partial charge is 0.169 e. The van der Waals surface area contributed by atoms with E-state index in [0.717, 1.165) is 5.56 Å². The molecule has 0 atom stereocenters. The number of hydrogen-bond donors (Lipinski definition) is 0. The van der Waals surface area contributed by atoms with Gasteiger partial charge in [0, 0.05) is 17.7 Å². The molecule has 0 aromatic carbocycles. The molecule has 2 rings (SSSR count). The van der Waals surface area contributed by atoms with Crippen molar-refractivity contribution in [2.75, 3.05) is 0 Å². The molecular formula is C9H9N4+. The van der Waals surface area contributed by atoms with Crippen LogP contribution in [0, 0.1) is 0 Å². The zero-order valence-electron chi connectivity index (χ0n) is 7.25. The van der Waals surface area contributed by atoms with E-state index in [1.54, 1.807) is 0 Å². The van der Waals surface area contributed by atoms with Crippen LogP contribution >= 0.6 is 0 Å². The molecule has 0 saturated heterocycles. The Labute approximate surface area is 75.9 Å². The fourth-order valence-corrected chi connectivity index (χ4v) is 1.04. The van der Waals surface area contributed by atoms with Gasteiger partial charge >= 0.3 is 0 Å². The number of nitrogens with zero attached hydrogens (tertiary/aromatic N) is 4. The Hall–Kier alpha value is -1.84. The van der Waals surface area contributed by atoms with Crippen LogP contribution in [0.4, 0.5) is 0 Å². The van der Waals surface area contributed by atoms with Gasteiger partial charge in [-0.15, -0.1) is 0 Å². The lowest BCUT2D eigenvalue weighted by molar-refractivity contribution is -0.671. The van der Waals surface area contributed by atoms with E-state index in [2.05, 4.69) is 15.0 Å². The molecule has 0 spiro atoms. The first-order valence-corrected chi connectivity index (χ1v) is 3.94. The van der Waals surface area contributed by atoms with Crippen molar-refractivity contribution in [3.05, 3.63) is 37.2 Å². The maximum absolute atomic E-state index is 4.05. The van der Waals surface area contributed by atoms with Gasteiger partial charge in [0.05, 0.1) is 0 Å². The van der Waals surface area contributed by atoms with Gasteiger partial charge in [-0.2, -0.15) is 0 Å². The summed E-state index contributed by atoms with van der Waals surface area (Å²) in [6.07, 6.45) is 6.91. The second kappa shape index (κ2) is 3.26. The van der Waals surface area contributed by atoms with E-state index >= 15 is 0 Å². The van der Waals surface area contributed by atoms with Crippen LogP contribution in [0.25, 0.3) is 11.4 Å². The van der Waals surface area contributed by atoms with Gasteiger partial charge in [0.25, 0.3) is 0 Å². The molecule has 0 aliphatic carbocycles. The van der Waals surface area contributed by atoms with Crippen molar-refractivity contribution in [2.45, 2.75) is 0 Å². The zero-order valence-corrected chi connectivity index (χ0v) is 7.25. The molecule has 64 valence electrons. The molecule has 2 aromatic heterocycles. The molecule has 0 unspecified atom stereocenters. The number of aromatic nitrogens is 4. The zero-order chi connectivity index (χ0) is 9.10. The van der Waals surface area contributed by atoms with Crippen molar-refractivity contribution in [3.8, 4) is 11.4 Å². The quantitative estimate of drug-likeness (QED) is 0.585. The van der Waals surface area contributed by atoms with Crippen molar-refractivity contribution in [2.24, 2.45) is 7.05 Å². The Morgan fingerprint density at radius 1 is 1.08 bits per heavy atom. The van der Waals surface area contributed by atoms with E-state index in [0.29, 0.717) is 5.82 Å². The predicted molar refractivity (Wildman–Crippen MR) is 46.4 cm³/mol. The van der Waals surface area contributed by atoms with Crippen molar-refractivity contribution < 1.29 is 4.57 Å². The van der Waals surface area contributed by atoms with Crippen molar-refractivity contribution in [1.29, 1.82) is 0 Å². The summed E-state index contributed by atoms with van der Waals surface area (Å²) < 4.78 is 1.96. The Morgan fingerprint density at radius 2 is 1.69 bits per heavy atom. The molecule has 0 N–H and O–H groups in total. The minimum absolute atomic E-state index is 0.704. The predicted octanol–water partition coefficient (Wildman–Crippen LogP) is 0.363. The second-order valence-electron chi connectivity index (χ2n) is 2.71. The summed E-state index contributed by atoms with van der Waals surface area (Å²) in [5.41, 5.74) is 1.00. The highest BCUT2D eigenvalue weighted by Crippen LogP contribution is 2.09. The first kappa shape index (κ1) is 7.79. The molecule has 2 heterocycles. The van der Waals surface area contributed by atoms with Crippen LogP contribution in [-0.2, 0) is 7.05 Å². The van der Waals surface area contributed by atoms with E-state index in [1.807, 2.05) is 36.1 Å². The molecule has 2 aromatic rings. The molecule has 0 radical (unpaired) electrons. The van der Waals surface area contributed by atoms with Crippen LogP contribution in [0.3, 0.4) is 0 Å². The molecule has 0 aliphatic rings. The number of hydrogen-bond acceptors (Lipinski definition) is 3. The van der Waals surface area contributed by atoms with Gasteiger partial charge in [0.2, 0.25) is 0 Å². The lowest BCUT2D eigenvalue weighted by atomic mass is 10.2. The maximum Gasteiger partial charge on any atom is 0.169 e. The van der Waals surface area contributed by atoms with E-state index < -0.39 is 0 Å². The molecule has 0 amide bonds. The Kier molecular flexibility index (Phi) is 1.96. The first-order chi connectivity index (χ1) is 6.36. The average Bonchev–Trinajstić information content (AvgIpc) is 2.20. The molecule has 4 heteroatoms. The van der Waals surface area contributed by atoms with E-state index in [4.69, 9.17) is 0 Å². The van der Waals surface area contributed by atoms with Gasteiger partial charge in [-0.1, -0.05) is 0 Å². The lowest BCUT2D eigenvalue weighted by Gasteiger charge is -1.95. The molecule has 0 aliphatic heterocycles. The Bertz CT molecular complexity index is 382. The van der Waals surface area contributed by atoms with Gasteiger partial charge in [0.15, 0.2) is 18.2 Å². The Morgan fingerprint density at radius 3 is 2.31 bits per heavy atom. The number of pyridine rings is 1. The highest BCUT2D eigenvalue weighted by molar-refractivity contribution is 5.51. The molecule has 4 nitrogen and oxygen atoms in total. The van der Waals surface area contributed by atoms with Gasteiger partial charge in [0.1, 0.15) is 19.7 Å². The third-order valence-corrected chi connectivity index (χ3v) is 1.73. The third kappa shape index (κ3) is 1.66. The number of aryl methyl sites for hydroxylation is 1. The van der Waals surface area contributed by atoms with Crippen LogP contribution in [-0.4, -0.2) is 15.0 Å². The summed E-state index contributed by atoms with van der Waals surface area (Å²) in [5, 5.41) is 0. The Balaban J connectivity index is 2.42. The fraction of sp³-hybridized carbons (Fsp3) is 0.111. The largest absolute Gasteiger partial charge is 0.225 e.